The second kappa shape index (κ2) is 10.1. The Kier molecular flexibility index (Phi) is 6.98. The van der Waals surface area contributed by atoms with Crippen LogP contribution in [0.2, 0.25) is 0 Å². The van der Waals surface area contributed by atoms with Gasteiger partial charge in [-0.25, -0.2) is 0 Å². The molecule has 1 aromatic heterocycles. The Balaban J connectivity index is 1.31. The molecule has 27 heavy (non-hydrogen) atoms. The fraction of sp³-hybridized carbons (Fsp3) is 0.286. The zero-order chi connectivity index (χ0) is 18.7. The molecule has 0 unspecified atom stereocenters. The monoisotopic (exact) mass is 364 g/mol. The van der Waals surface area contributed by atoms with E-state index in [-0.39, 0.29) is 5.91 Å². The Morgan fingerprint density at radius 1 is 1.04 bits per heavy atom. The van der Waals surface area contributed by atoms with Crippen molar-refractivity contribution in [2.45, 2.75) is 32.4 Å². The number of hydrogen-bond acceptors (Lipinski definition) is 4. The van der Waals surface area contributed by atoms with Gasteiger partial charge in [0.1, 0.15) is 18.1 Å². The number of nitrogens with one attached hydrogen (secondary N) is 1. The highest BCUT2D eigenvalue weighted by molar-refractivity contribution is 5.75. The van der Waals surface area contributed by atoms with Crippen LogP contribution < -0.4 is 10.1 Å². The van der Waals surface area contributed by atoms with Crippen LogP contribution in [-0.4, -0.2) is 27.4 Å². The third-order valence-corrected chi connectivity index (χ3v) is 4.09. The van der Waals surface area contributed by atoms with Crippen molar-refractivity contribution in [3.63, 3.8) is 0 Å². The van der Waals surface area contributed by atoms with Crippen molar-refractivity contribution in [1.29, 1.82) is 0 Å². The first-order chi connectivity index (χ1) is 13.3. The maximum absolute atomic E-state index is 11.9. The second-order valence-corrected chi connectivity index (χ2v) is 6.26. The lowest BCUT2D eigenvalue weighted by molar-refractivity contribution is -0.121. The number of rotatable bonds is 10. The quantitative estimate of drug-likeness (QED) is 0.600. The molecule has 0 aliphatic heterocycles. The second-order valence-electron chi connectivity index (χ2n) is 6.26. The maximum atomic E-state index is 11.9. The van der Waals surface area contributed by atoms with E-state index < -0.39 is 0 Å². The number of aromatic nitrogens is 3. The van der Waals surface area contributed by atoms with Crippen molar-refractivity contribution in [3.05, 3.63) is 78.1 Å². The lowest BCUT2D eigenvalue weighted by Gasteiger charge is -2.05. The normalized spacial score (nSPS) is 10.5. The molecule has 0 bridgehead atoms. The van der Waals surface area contributed by atoms with E-state index in [0.29, 0.717) is 26.1 Å². The summed E-state index contributed by atoms with van der Waals surface area (Å²) in [6.45, 7) is 1.70. The molecule has 0 radical (unpaired) electrons. The molecule has 0 aliphatic carbocycles. The van der Waals surface area contributed by atoms with Gasteiger partial charge in [0, 0.05) is 19.5 Å². The minimum atomic E-state index is 0.0682. The van der Waals surface area contributed by atoms with Crippen LogP contribution in [0.4, 0.5) is 0 Å². The van der Waals surface area contributed by atoms with E-state index in [9.17, 15) is 4.79 Å². The fourth-order valence-electron chi connectivity index (χ4n) is 2.67. The number of amides is 1. The number of aryl methyl sites for hydroxylation is 1. The summed E-state index contributed by atoms with van der Waals surface area (Å²) < 4.78 is 7.40. The molecule has 2 aromatic carbocycles. The van der Waals surface area contributed by atoms with Crippen LogP contribution in [-0.2, 0) is 24.4 Å². The van der Waals surface area contributed by atoms with Crippen molar-refractivity contribution in [1.82, 2.24) is 20.3 Å². The van der Waals surface area contributed by atoms with Gasteiger partial charge >= 0.3 is 0 Å². The van der Waals surface area contributed by atoms with Crippen molar-refractivity contribution in [2.24, 2.45) is 0 Å². The lowest BCUT2D eigenvalue weighted by atomic mass is 10.1. The van der Waals surface area contributed by atoms with E-state index in [1.54, 1.807) is 4.68 Å². The fourth-order valence-corrected chi connectivity index (χ4v) is 2.67. The van der Waals surface area contributed by atoms with Gasteiger partial charge in [-0.15, -0.1) is 5.10 Å². The largest absolute Gasteiger partial charge is 0.487 e. The number of nitrogens with zero attached hydrogens (tertiary/aromatic N) is 3. The summed E-state index contributed by atoms with van der Waals surface area (Å²) in [6, 6.07) is 19.7. The first-order valence-electron chi connectivity index (χ1n) is 9.17. The molecular weight excluding hydrogens is 340 g/mol. The van der Waals surface area contributed by atoms with Gasteiger partial charge in [-0.1, -0.05) is 53.7 Å². The Hall–Kier alpha value is -3.15. The molecule has 1 amide bonds. The number of ether oxygens (including phenoxy) is 1. The summed E-state index contributed by atoms with van der Waals surface area (Å²) >= 11 is 0. The summed E-state index contributed by atoms with van der Waals surface area (Å²) in [5, 5.41) is 11.1. The molecule has 6 nitrogen and oxygen atoms in total. The van der Waals surface area contributed by atoms with Gasteiger partial charge in [-0.3, -0.25) is 9.48 Å². The highest BCUT2D eigenvalue weighted by atomic mass is 16.5. The summed E-state index contributed by atoms with van der Waals surface area (Å²) in [5.41, 5.74) is 2.00. The van der Waals surface area contributed by atoms with Gasteiger partial charge in [-0.2, -0.15) is 0 Å². The smallest absolute Gasteiger partial charge is 0.220 e. The Bertz CT molecular complexity index is 818. The Morgan fingerprint density at radius 3 is 2.56 bits per heavy atom. The van der Waals surface area contributed by atoms with E-state index in [4.69, 9.17) is 4.74 Å². The van der Waals surface area contributed by atoms with Crippen LogP contribution in [0, 0.1) is 0 Å². The number of carbonyl (C=O) groups is 1. The average molecular weight is 364 g/mol. The third kappa shape index (κ3) is 6.58. The molecule has 140 valence electrons. The molecule has 0 spiro atoms. The molecular formula is C21H24N4O2. The first-order valence-corrected chi connectivity index (χ1v) is 9.17. The van der Waals surface area contributed by atoms with Crippen LogP contribution >= 0.6 is 0 Å². The van der Waals surface area contributed by atoms with Gasteiger partial charge in [0.15, 0.2) is 0 Å². The molecule has 6 heteroatoms. The zero-order valence-corrected chi connectivity index (χ0v) is 15.3. The standard InChI is InChI=1S/C21H24N4O2/c26-21(22-14-13-18-8-3-1-4-9-18)12-7-15-25-16-19(23-24-25)17-27-20-10-5-2-6-11-20/h1-6,8-11,16H,7,12-15,17H2,(H,22,26). The molecule has 0 fully saturated rings. The van der Waals surface area contributed by atoms with Crippen molar-refractivity contribution < 1.29 is 9.53 Å². The number of para-hydroxylation sites is 1. The van der Waals surface area contributed by atoms with Crippen LogP contribution in [0.1, 0.15) is 24.1 Å². The van der Waals surface area contributed by atoms with Gasteiger partial charge < -0.3 is 10.1 Å². The van der Waals surface area contributed by atoms with Gasteiger partial charge in [0.2, 0.25) is 5.91 Å². The number of hydrogen-bond donors (Lipinski definition) is 1. The molecule has 1 heterocycles. The van der Waals surface area contributed by atoms with E-state index >= 15 is 0 Å². The van der Waals surface area contributed by atoms with Crippen LogP contribution in [0.5, 0.6) is 5.75 Å². The van der Waals surface area contributed by atoms with Crippen molar-refractivity contribution in [2.75, 3.05) is 6.54 Å². The van der Waals surface area contributed by atoms with E-state index in [0.717, 1.165) is 24.3 Å². The van der Waals surface area contributed by atoms with Crippen molar-refractivity contribution in [3.8, 4) is 5.75 Å². The molecule has 0 saturated heterocycles. The average Bonchev–Trinajstić information content (AvgIpc) is 3.16. The predicted molar refractivity (Wildman–Crippen MR) is 103 cm³/mol. The molecule has 0 aliphatic rings. The topological polar surface area (TPSA) is 69.0 Å². The van der Waals surface area contributed by atoms with Gasteiger partial charge in [0.05, 0.1) is 6.20 Å². The molecule has 0 saturated carbocycles. The van der Waals surface area contributed by atoms with E-state index in [2.05, 4.69) is 27.8 Å². The molecule has 3 aromatic rings. The molecule has 3 rings (SSSR count). The van der Waals surface area contributed by atoms with Gasteiger partial charge in [0.25, 0.3) is 0 Å². The first kappa shape index (κ1) is 18.6. The summed E-state index contributed by atoms with van der Waals surface area (Å²) in [4.78, 5) is 11.9. The SMILES string of the molecule is O=C(CCCn1cc(COc2ccccc2)nn1)NCCc1ccccc1. The summed E-state index contributed by atoms with van der Waals surface area (Å²) in [6.07, 6.45) is 3.90. The van der Waals surface area contributed by atoms with Gasteiger partial charge in [-0.05, 0) is 30.5 Å². The predicted octanol–water partition coefficient (Wildman–Crippen LogP) is 3.00. The lowest BCUT2D eigenvalue weighted by Crippen LogP contribution is -2.25. The summed E-state index contributed by atoms with van der Waals surface area (Å²) in [7, 11) is 0. The van der Waals surface area contributed by atoms with E-state index in [1.807, 2.05) is 54.7 Å². The third-order valence-electron chi connectivity index (χ3n) is 4.09. The number of carbonyl (C=O) groups excluding carboxylic acids is 1. The Labute approximate surface area is 159 Å². The van der Waals surface area contributed by atoms with Crippen LogP contribution in [0.3, 0.4) is 0 Å². The zero-order valence-electron chi connectivity index (χ0n) is 15.3. The van der Waals surface area contributed by atoms with E-state index in [1.165, 1.54) is 5.56 Å². The Morgan fingerprint density at radius 2 is 1.78 bits per heavy atom. The minimum absolute atomic E-state index is 0.0682. The molecule has 0 atom stereocenters. The van der Waals surface area contributed by atoms with Crippen molar-refractivity contribution >= 4 is 5.91 Å². The van der Waals surface area contributed by atoms with Crippen LogP contribution in [0.15, 0.2) is 66.9 Å². The molecule has 1 N–H and O–H groups in total. The summed E-state index contributed by atoms with van der Waals surface area (Å²) in [5.74, 6) is 0.873. The van der Waals surface area contributed by atoms with Crippen LogP contribution in [0.25, 0.3) is 0 Å². The maximum Gasteiger partial charge on any atom is 0.220 e. The minimum Gasteiger partial charge on any atom is -0.487 e. The highest BCUT2D eigenvalue weighted by Gasteiger charge is 2.04. The number of benzene rings is 2. The highest BCUT2D eigenvalue weighted by Crippen LogP contribution is 2.10.